The number of anilines is 1. The van der Waals surface area contributed by atoms with Gasteiger partial charge >= 0.3 is 0 Å². The number of fused-ring (bicyclic) bond motifs is 1. The SMILES string of the molecule is O=C(Nc1ccnn1[C@H]1CCCc2ccccc21)c1cc(F)c(F)c(F)c1. The molecule has 1 amide bonds. The molecule has 0 saturated heterocycles. The zero-order valence-corrected chi connectivity index (χ0v) is 14.3. The van der Waals surface area contributed by atoms with Crippen molar-refractivity contribution < 1.29 is 18.0 Å². The number of carbonyl (C=O) groups excluding carboxylic acids is 1. The van der Waals surface area contributed by atoms with Crippen LogP contribution in [0.5, 0.6) is 0 Å². The summed E-state index contributed by atoms with van der Waals surface area (Å²) in [6, 6.07) is 11.0. The maximum atomic E-state index is 13.4. The first-order valence-corrected chi connectivity index (χ1v) is 8.62. The molecule has 1 aromatic heterocycles. The van der Waals surface area contributed by atoms with Crippen LogP contribution in [0.4, 0.5) is 19.0 Å². The van der Waals surface area contributed by atoms with E-state index >= 15 is 0 Å². The number of nitrogens with zero attached hydrogens (tertiary/aromatic N) is 2. The van der Waals surface area contributed by atoms with Gasteiger partial charge in [0.25, 0.3) is 5.91 Å². The molecule has 1 atom stereocenters. The van der Waals surface area contributed by atoms with Crippen molar-refractivity contribution in [3.05, 3.63) is 82.8 Å². The number of amides is 1. The number of hydrogen-bond donors (Lipinski definition) is 1. The molecular weight excluding hydrogens is 355 g/mol. The van der Waals surface area contributed by atoms with Crippen LogP contribution in [0.25, 0.3) is 0 Å². The Morgan fingerprint density at radius 2 is 1.85 bits per heavy atom. The molecule has 0 unspecified atom stereocenters. The Morgan fingerprint density at radius 3 is 2.63 bits per heavy atom. The number of hydrogen-bond acceptors (Lipinski definition) is 2. The van der Waals surface area contributed by atoms with Gasteiger partial charge in [-0.3, -0.25) is 4.79 Å². The van der Waals surface area contributed by atoms with Gasteiger partial charge < -0.3 is 5.32 Å². The normalized spacial score (nSPS) is 16.0. The predicted octanol–water partition coefficient (Wildman–Crippen LogP) is 4.48. The molecule has 0 bridgehead atoms. The van der Waals surface area contributed by atoms with Gasteiger partial charge in [-0.1, -0.05) is 24.3 Å². The van der Waals surface area contributed by atoms with E-state index in [1.165, 1.54) is 5.56 Å². The summed E-state index contributed by atoms with van der Waals surface area (Å²) in [4.78, 5) is 12.4. The standard InChI is InChI=1S/C20H16F3N3O/c21-15-10-13(11-16(22)19(15)23)20(27)25-18-8-9-24-26(18)17-7-3-5-12-4-1-2-6-14(12)17/h1-2,4,6,8-11,17H,3,5,7H2,(H,25,27)/t17-/m0/s1. The molecule has 7 heteroatoms. The summed E-state index contributed by atoms with van der Waals surface area (Å²) in [5.74, 6) is -4.74. The summed E-state index contributed by atoms with van der Waals surface area (Å²) in [5, 5.41) is 6.94. The number of carbonyl (C=O) groups is 1. The van der Waals surface area contributed by atoms with Gasteiger partial charge in [0.05, 0.1) is 12.2 Å². The Labute approximate surface area is 153 Å². The number of aryl methyl sites for hydroxylation is 1. The van der Waals surface area contributed by atoms with Gasteiger partial charge in [-0.25, -0.2) is 17.9 Å². The summed E-state index contributed by atoms with van der Waals surface area (Å²) in [6.45, 7) is 0. The molecule has 0 saturated carbocycles. The van der Waals surface area contributed by atoms with E-state index in [1.807, 2.05) is 18.2 Å². The van der Waals surface area contributed by atoms with Crippen LogP contribution < -0.4 is 5.32 Å². The molecule has 0 fully saturated rings. The maximum Gasteiger partial charge on any atom is 0.257 e. The highest BCUT2D eigenvalue weighted by Gasteiger charge is 2.24. The number of halogens is 3. The van der Waals surface area contributed by atoms with Crippen molar-refractivity contribution in [2.45, 2.75) is 25.3 Å². The Hall–Kier alpha value is -3.09. The fourth-order valence-corrected chi connectivity index (χ4v) is 3.52. The fraction of sp³-hybridized carbons (Fsp3) is 0.200. The van der Waals surface area contributed by atoms with E-state index in [0.717, 1.165) is 24.8 Å². The highest BCUT2D eigenvalue weighted by atomic mass is 19.2. The summed E-state index contributed by atoms with van der Waals surface area (Å²) in [7, 11) is 0. The van der Waals surface area contributed by atoms with Crippen molar-refractivity contribution in [1.29, 1.82) is 0 Å². The van der Waals surface area contributed by atoms with Crippen LogP contribution >= 0.6 is 0 Å². The molecule has 2 aromatic carbocycles. The molecule has 0 aliphatic heterocycles. The lowest BCUT2D eigenvalue weighted by molar-refractivity contribution is 0.102. The van der Waals surface area contributed by atoms with E-state index in [0.29, 0.717) is 18.0 Å². The highest BCUT2D eigenvalue weighted by Crippen LogP contribution is 2.34. The van der Waals surface area contributed by atoms with Gasteiger partial charge in [0.2, 0.25) is 0 Å². The molecule has 138 valence electrons. The molecule has 1 heterocycles. The minimum Gasteiger partial charge on any atom is -0.307 e. The third-order valence-corrected chi connectivity index (χ3v) is 4.79. The molecule has 3 aromatic rings. The number of benzene rings is 2. The van der Waals surface area contributed by atoms with Crippen LogP contribution in [0.3, 0.4) is 0 Å². The van der Waals surface area contributed by atoms with E-state index < -0.39 is 23.4 Å². The van der Waals surface area contributed by atoms with Crippen LogP contribution in [0.2, 0.25) is 0 Å². The third-order valence-electron chi connectivity index (χ3n) is 4.79. The lowest BCUT2D eigenvalue weighted by Gasteiger charge is -2.27. The number of rotatable bonds is 3. The van der Waals surface area contributed by atoms with Gasteiger partial charge in [0.1, 0.15) is 5.82 Å². The average molecular weight is 371 g/mol. The lowest BCUT2D eigenvalue weighted by Crippen LogP contribution is -2.22. The molecule has 1 N–H and O–H groups in total. The molecule has 1 aliphatic rings. The number of nitrogens with one attached hydrogen (secondary N) is 1. The maximum absolute atomic E-state index is 13.4. The smallest absolute Gasteiger partial charge is 0.257 e. The number of aromatic nitrogens is 2. The summed E-state index contributed by atoms with van der Waals surface area (Å²) < 4.78 is 41.6. The first-order chi connectivity index (χ1) is 13.0. The topological polar surface area (TPSA) is 46.9 Å². The van der Waals surface area contributed by atoms with E-state index in [2.05, 4.69) is 16.5 Å². The summed E-state index contributed by atoms with van der Waals surface area (Å²) in [6.07, 6.45) is 4.40. The van der Waals surface area contributed by atoms with E-state index in [-0.39, 0.29) is 11.6 Å². The summed E-state index contributed by atoms with van der Waals surface area (Å²) >= 11 is 0. The van der Waals surface area contributed by atoms with E-state index in [1.54, 1.807) is 16.9 Å². The molecule has 4 rings (SSSR count). The van der Waals surface area contributed by atoms with Crippen molar-refractivity contribution in [3.8, 4) is 0 Å². The van der Waals surface area contributed by atoms with Gasteiger partial charge in [-0.15, -0.1) is 0 Å². The second-order valence-corrected chi connectivity index (χ2v) is 6.48. The summed E-state index contributed by atoms with van der Waals surface area (Å²) in [5.41, 5.74) is 2.08. The highest BCUT2D eigenvalue weighted by molar-refractivity contribution is 6.03. The van der Waals surface area contributed by atoms with Gasteiger partial charge in [0, 0.05) is 11.6 Å². The van der Waals surface area contributed by atoms with Crippen LogP contribution in [-0.4, -0.2) is 15.7 Å². The van der Waals surface area contributed by atoms with Crippen LogP contribution in [0.15, 0.2) is 48.7 Å². The van der Waals surface area contributed by atoms with Gasteiger partial charge in [-0.2, -0.15) is 5.10 Å². The van der Waals surface area contributed by atoms with Crippen molar-refractivity contribution in [1.82, 2.24) is 9.78 Å². The molecule has 1 aliphatic carbocycles. The minimum atomic E-state index is -1.60. The Morgan fingerprint density at radius 1 is 1.11 bits per heavy atom. The first kappa shape index (κ1) is 17.3. The van der Waals surface area contributed by atoms with Crippen LogP contribution in [-0.2, 0) is 6.42 Å². The molecule has 0 spiro atoms. The monoisotopic (exact) mass is 371 g/mol. The Bertz CT molecular complexity index is 992. The molecular formula is C20H16F3N3O. The second kappa shape index (κ2) is 6.90. The quantitative estimate of drug-likeness (QED) is 0.690. The van der Waals surface area contributed by atoms with Crippen molar-refractivity contribution >= 4 is 11.7 Å². The molecule has 0 radical (unpaired) electrons. The van der Waals surface area contributed by atoms with Gasteiger partial charge in [0.15, 0.2) is 17.5 Å². The second-order valence-electron chi connectivity index (χ2n) is 6.48. The van der Waals surface area contributed by atoms with Crippen LogP contribution in [0, 0.1) is 17.5 Å². The van der Waals surface area contributed by atoms with E-state index in [9.17, 15) is 18.0 Å². The zero-order chi connectivity index (χ0) is 19.0. The van der Waals surface area contributed by atoms with Crippen molar-refractivity contribution in [2.75, 3.05) is 5.32 Å². The Balaban J connectivity index is 1.63. The Kier molecular flexibility index (Phi) is 4.43. The van der Waals surface area contributed by atoms with Crippen LogP contribution in [0.1, 0.15) is 40.4 Å². The predicted molar refractivity (Wildman–Crippen MR) is 94.0 cm³/mol. The minimum absolute atomic E-state index is 0.0399. The lowest BCUT2D eigenvalue weighted by atomic mass is 9.88. The van der Waals surface area contributed by atoms with Crippen molar-refractivity contribution in [2.24, 2.45) is 0 Å². The van der Waals surface area contributed by atoms with Crippen molar-refractivity contribution in [3.63, 3.8) is 0 Å². The fourth-order valence-electron chi connectivity index (χ4n) is 3.52. The largest absolute Gasteiger partial charge is 0.307 e. The first-order valence-electron chi connectivity index (χ1n) is 8.62. The molecule has 4 nitrogen and oxygen atoms in total. The van der Waals surface area contributed by atoms with Gasteiger partial charge in [-0.05, 0) is 42.5 Å². The third kappa shape index (κ3) is 3.20. The average Bonchev–Trinajstić information content (AvgIpc) is 3.13. The zero-order valence-electron chi connectivity index (χ0n) is 14.3. The van der Waals surface area contributed by atoms with E-state index in [4.69, 9.17) is 0 Å². The molecule has 27 heavy (non-hydrogen) atoms.